The molecule has 5 nitrogen and oxygen atoms in total. The van der Waals surface area contributed by atoms with Gasteiger partial charge in [-0.15, -0.1) is 0 Å². The van der Waals surface area contributed by atoms with Gasteiger partial charge in [0.25, 0.3) is 5.69 Å². The van der Waals surface area contributed by atoms with Crippen molar-refractivity contribution >= 4 is 11.4 Å². The first-order valence-corrected chi connectivity index (χ1v) is 6.98. The highest BCUT2D eigenvalue weighted by Gasteiger charge is 2.28. The zero-order valence-electron chi connectivity index (χ0n) is 11.6. The summed E-state index contributed by atoms with van der Waals surface area (Å²) in [6.07, 6.45) is 4.12. The van der Waals surface area contributed by atoms with Crippen LogP contribution in [0.25, 0.3) is 0 Å². The lowest BCUT2D eigenvalue weighted by Crippen LogP contribution is -2.41. The van der Waals surface area contributed by atoms with E-state index >= 15 is 0 Å². The molecule has 110 valence electrons. The van der Waals surface area contributed by atoms with E-state index in [2.05, 4.69) is 10.2 Å². The van der Waals surface area contributed by atoms with E-state index in [1.807, 2.05) is 7.05 Å². The summed E-state index contributed by atoms with van der Waals surface area (Å²) in [4.78, 5) is 12.7. The fourth-order valence-electron chi connectivity index (χ4n) is 2.81. The minimum absolute atomic E-state index is 0.138. The summed E-state index contributed by atoms with van der Waals surface area (Å²) in [6.45, 7) is 1.66. The van der Waals surface area contributed by atoms with Crippen molar-refractivity contribution < 1.29 is 9.31 Å². The number of anilines is 1. The number of piperidine rings is 1. The lowest BCUT2D eigenvalue weighted by Gasteiger charge is -2.37. The zero-order valence-corrected chi connectivity index (χ0v) is 11.6. The number of nitrogens with one attached hydrogen (secondary N) is 1. The summed E-state index contributed by atoms with van der Waals surface area (Å²) in [6, 6.07) is 4.12. The molecule has 1 aliphatic heterocycles. The molecular formula is C14H20FN3O2. The molecule has 1 aromatic carbocycles. The molecule has 0 aromatic heterocycles. The second-order valence-corrected chi connectivity index (χ2v) is 5.13. The van der Waals surface area contributed by atoms with Crippen LogP contribution in [0.3, 0.4) is 0 Å². The molecule has 1 heterocycles. The van der Waals surface area contributed by atoms with Gasteiger partial charge in [-0.1, -0.05) is 0 Å². The van der Waals surface area contributed by atoms with Crippen LogP contribution in [0.2, 0.25) is 0 Å². The summed E-state index contributed by atoms with van der Waals surface area (Å²) >= 11 is 0. The largest absolute Gasteiger partial charge is 0.363 e. The molecule has 1 aromatic rings. The fraction of sp³-hybridized carbons (Fsp3) is 0.571. The second-order valence-electron chi connectivity index (χ2n) is 5.13. The molecule has 1 atom stereocenters. The van der Waals surface area contributed by atoms with Gasteiger partial charge < -0.3 is 10.2 Å². The molecule has 6 heteroatoms. The van der Waals surface area contributed by atoms with E-state index in [0.29, 0.717) is 5.69 Å². The van der Waals surface area contributed by atoms with Gasteiger partial charge in [-0.2, -0.15) is 0 Å². The first kappa shape index (κ1) is 14.7. The first-order valence-electron chi connectivity index (χ1n) is 6.98. The van der Waals surface area contributed by atoms with Gasteiger partial charge in [-0.25, -0.2) is 4.39 Å². The van der Waals surface area contributed by atoms with Crippen molar-refractivity contribution in [1.29, 1.82) is 0 Å². The molecule has 0 radical (unpaired) electrons. The standard InChI is InChI=1S/C14H20FN3O2/c1-16-8-7-12-4-2-3-9-17(12)13-6-5-11(15)10-14(13)18(19)20/h5-6,10,12,16H,2-4,7-9H2,1H3. The monoisotopic (exact) mass is 281 g/mol. The maximum atomic E-state index is 13.2. The number of nitro benzene ring substituents is 1. The van der Waals surface area contributed by atoms with Gasteiger partial charge in [0.1, 0.15) is 11.5 Å². The second kappa shape index (κ2) is 6.65. The SMILES string of the molecule is CNCCC1CCCCN1c1ccc(F)cc1[N+](=O)[O-]. The number of hydrogen-bond acceptors (Lipinski definition) is 4. The predicted octanol–water partition coefficient (Wildman–Crippen LogP) is 2.70. The molecule has 0 saturated carbocycles. The molecule has 20 heavy (non-hydrogen) atoms. The molecule has 0 amide bonds. The van der Waals surface area contributed by atoms with Crippen molar-refractivity contribution in [2.24, 2.45) is 0 Å². The van der Waals surface area contributed by atoms with Gasteiger partial charge in [0, 0.05) is 12.6 Å². The summed E-state index contributed by atoms with van der Waals surface area (Å²) in [5, 5.41) is 14.3. The minimum Gasteiger partial charge on any atom is -0.363 e. The number of nitrogens with zero attached hydrogens (tertiary/aromatic N) is 2. The lowest BCUT2D eigenvalue weighted by atomic mass is 9.98. The predicted molar refractivity (Wildman–Crippen MR) is 76.6 cm³/mol. The van der Waals surface area contributed by atoms with Crippen LogP contribution in [0, 0.1) is 15.9 Å². The number of hydrogen-bond donors (Lipinski definition) is 1. The Morgan fingerprint density at radius 3 is 3.00 bits per heavy atom. The molecule has 2 rings (SSSR count). The van der Waals surface area contributed by atoms with Crippen LogP contribution in [0.4, 0.5) is 15.8 Å². The third-order valence-electron chi connectivity index (χ3n) is 3.80. The molecule has 1 aliphatic rings. The van der Waals surface area contributed by atoms with Gasteiger partial charge in [0.05, 0.1) is 11.0 Å². The molecule has 0 aliphatic carbocycles. The molecule has 0 bridgehead atoms. The molecule has 1 N–H and O–H groups in total. The number of halogens is 1. The third kappa shape index (κ3) is 3.25. The van der Waals surface area contributed by atoms with Gasteiger partial charge in [0.15, 0.2) is 0 Å². The Hall–Kier alpha value is -1.69. The van der Waals surface area contributed by atoms with Gasteiger partial charge in [-0.3, -0.25) is 10.1 Å². The number of nitro groups is 1. The highest BCUT2D eigenvalue weighted by atomic mass is 19.1. The summed E-state index contributed by atoms with van der Waals surface area (Å²) < 4.78 is 13.2. The van der Waals surface area contributed by atoms with Crippen LogP contribution in [0.1, 0.15) is 25.7 Å². The van der Waals surface area contributed by atoms with Crippen molar-refractivity contribution in [3.8, 4) is 0 Å². The van der Waals surface area contributed by atoms with Crippen LogP contribution in [0.5, 0.6) is 0 Å². The van der Waals surface area contributed by atoms with E-state index in [9.17, 15) is 14.5 Å². The van der Waals surface area contributed by atoms with Gasteiger partial charge >= 0.3 is 0 Å². The van der Waals surface area contributed by atoms with E-state index in [-0.39, 0.29) is 11.7 Å². The molecule has 0 spiro atoms. The van der Waals surface area contributed by atoms with Gasteiger partial charge in [0.2, 0.25) is 0 Å². The maximum absolute atomic E-state index is 13.2. The van der Waals surface area contributed by atoms with E-state index in [0.717, 1.165) is 44.8 Å². The highest BCUT2D eigenvalue weighted by molar-refractivity contribution is 5.64. The molecule has 1 fully saturated rings. The third-order valence-corrected chi connectivity index (χ3v) is 3.80. The van der Waals surface area contributed by atoms with Crippen molar-refractivity contribution in [2.45, 2.75) is 31.7 Å². The summed E-state index contributed by atoms with van der Waals surface area (Å²) in [5.41, 5.74) is 0.401. The van der Waals surface area contributed by atoms with Crippen LogP contribution >= 0.6 is 0 Å². The topological polar surface area (TPSA) is 58.4 Å². The van der Waals surface area contributed by atoms with E-state index < -0.39 is 10.7 Å². The number of rotatable bonds is 5. The summed E-state index contributed by atoms with van der Waals surface area (Å²) in [5.74, 6) is -0.566. The smallest absolute Gasteiger partial charge is 0.295 e. The maximum Gasteiger partial charge on any atom is 0.295 e. The van der Waals surface area contributed by atoms with Crippen LogP contribution < -0.4 is 10.2 Å². The molecular weight excluding hydrogens is 261 g/mol. The zero-order chi connectivity index (χ0) is 14.5. The fourth-order valence-corrected chi connectivity index (χ4v) is 2.81. The average molecular weight is 281 g/mol. The quantitative estimate of drug-likeness (QED) is 0.666. The van der Waals surface area contributed by atoms with Crippen molar-refractivity contribution in [1.82, 2.24) is 5.32 Å². The molecule has 1 unspecified atom stereocenters. The highest BCUT2D eigenvalue weighted by Crippen LogP contribution is 2.34. The van der Waals surface area contributed by atoms with E-state index in [1.54, 1.807) is 0 Å². The normalized spacial score (nSPS) is 19.1. The Bertz CT molecular complexity index is 481. The van der Waals surface area contributed by atoms with Crippen LogP contribution in [-0.4, -0.2) is 31.1 Å². The molecule has 1 saturated heterocycles. The lowest BCUT2D eigenvalue weighted by molar-refractivity contribution is -0.384. The van der Waals surface area contributed by atoms with Gasteiger partial charge in [-0.05, 0) is 51.4 Å². The summed E-state index contributed by atoms with van der Waals surface area (Å²) in [7, 11) is 1.90. The first-order chi connectivity index (χ1) is 9.63. The Kier molecular flexibility index (Phi) is 4.89. The average Bonchev–Trinajstić information content (AvgIpc) is 2.45. The number of benzene rings is 1. The Morgan fingerprint density at radius 2 is 2.30 bits per heavy atom. The van der Waals surface area contributed by atoms with Crippen molar-refractivity contribution in [3.63, 3.8) is 0 Å². The van der Waals surface area contributed by atoms with Crippen LogP contribution in [0.15, 0.2) is 18.2 Å². The van der Waals surface area contributed by atoms with E-state index in [1.165, 1.54) is 12.1 Å². The van der Waals surface area contributed by atoms with Crippen molar-refractivity contribution in [2.75, 3.05) is 25.0 Å². The van der Waals surface area contributed by atoms with Crippen LogP contribution in [-0.2, 0) is 0 Å². The minimum atomic E-state index is -0.566. The Morgan fingerprint density at radius 1 is 1.50 bits per heavy atom. The Labute approximate surface area is 117 Å². The van der Waals surface area contributed by atoms with Crippen molar-refractivity contribution in [3.05, 3.63) is 34.1 Å². The Balaban J connectivity index is 2.29. The van der Waals surface area contributed by atoms with E-state index in [4.69, 9.17) is 0 Å².